The van der Waals surface area contributed by atoms with Crippen molar-refractivity contribution >= 4 is 11.6 Å². The molecule has 2 aliphatic rings. The van der Waals surface area contributed by atoms with Crippen LogP contribution in [0.25, 0.3) is 0 Å². The number of carbonyl (C=O) groups is 2. The Balaban J connectivity index is 1.81. The first-order valence-electron chi connectivity index (χ1n) is 7.63. The highest BCUT2D eigenvalue weighted by Crippen LogP contribution is 2.31. The predicted molar refractivity (Wildman–Crippen MR) is 79.2 cm³/mol. The summed E-state index contributed by atoms with van der Waals surface area (Å²) in [4.78, 5) is 26.6. The van der Waals surface area contributed by atoms with Crippen LogP contribution < -0.4 is 4.74 Å². The van der Waals surface area contributed by atoms with E-state index in [1.807, 2.05) is 24.3 Å². The van der Waals surface area contributed by atoms with Gasteiger partial charge >= 0.3 is 0 Å². The third-order valence-electron chi connectivity index (χ3n) is 4.58. The van der Waals surface area contributed by atoms with Crippen LogP contribution in [0.5, 0.6) is 5.75 Å². The van der Waals surface area contributed by atoms with Gasteiger partial charge in [0.05, 0.1) is 7.11 Å². The molecule has 112 valence electrons. The van der Waals surface area contributed by atoms with Gasteiger partial charge in [0, 0.05) is 25.4 Å². The molecule has 0 aliphatic carbocycles. The molecule has 0 aromatic heterocycles. The van der Waals surface area contributed by atoms with E-state index in [0.29, 0.717) is 19.4 Å². The van der Waals surface area contributed by atoms with Crippen LogP contribution in [0, 0.1) is 0 Å². The third kappa shape index (κ3) is 2.86. The summed E-state index contributed by atoms with van der Waals surface area (Å²) < 4.78 is 5.16. The monoisotopic (exact) mass is 287 g/mol. The van der Waals surface area contributed by atoms with Gasteiger partial charge in [-0.05, 0) is 30.5 Å². The lowest BCUT2D eigenvalue weighted by Gasteiger charge is -2.30. The number of hydrogen-bond donors (Lipinski definition) is 0. The maximum absolute atomic E-state index is 12.3. The van der Waals surface area contributed by atoms with E-state index in [9.17, 15) is 9.59 Å². The Hall–Kier alpha value is -1.68. The minimum Gasteiger partial charge on any atom is -0.497 e. The first-order chi connectivity index (χ1) is 10.2. The minimum absolute atomic E-state index is 0.107. The number of rotatable bonds is 3. The summed E-state index contributed by atoms with van der Waals surface area (Å²) in [7, 11) is 1.64. The topological polar surface area (TPSA) is 46.6 Å². The average Bonchev–Trinajstić information content (AvgIpc) is 2.82. The number of ether oxygens (including phenoxy) is 1. The molecular formula is C17H21NO3. The first kappa shape index (κ1) is 14.3. The molecule has 1 aromatic carbocycles. The Morgan fingerprint density at radius 1 is 1.14 bits per heavy atom. The highest BCUT2D eigenvalue weighted by atomic mass is 16.5. The van der Waals surface area contributed by atoms with Gasteiger partial charge in [0.2, 0.25) is 0 Å². The second-order valence-electron chi connectivity index (χ2n) is 5.96. The molecule has 0 amide bonds. The SMILES string of the molecule is COc1ccc(CN2C3CCCCC(=O)C2C(=O)C3)cc1. The van der Waals surface area contributed by atoms with Crippen LogP contribution in [0.4, 0.5) is 0 Å². The van der Waals surface area contributed by atoms with Crippen molar-refractivity contribution in [2.75, 3.05) is 7.11 Å². The van der Waals surface area contributed by atoms with E-state index in [-0.39, 0.29) is 17.6 Å². The van der Waals surface area contributed by atoms with Crippen LogP contribution in [-0.4, -0.2) is 35.7 Å². The quantitative estimate of drug-likeness (QED) is 0.801. The van der Waals surface area contributed by atoms with E-state index in [1.165, 1.54) is 0 Å². The average molecular weight is 287 g/mol. The molecule has 0 radical (unpaired) electrons. The second-order valence-corrected chi connectivity index (χ2v) is 5.96. The van der Waals surface area contributed by atoms with Crippen LogP contribution in [0.2, 0.25) is 0 Å². The summed E-state index contributed by atoms with van der Waals surface area (Å²) in [5, 5.41) is 0. The van der Waals surface area contributed by atoms with Gasteiger partial charge in [0.25, 0.3) is 0 Å². The van der Waals surface area contributed by atoms with Crippen LogP contribution in [-0.2, 0) is 16.1 Å². The largest absolute Gasteiger partial charge is 0.497 e. The molecule has 3 rings (SSSR count). The van der Waals surface area contributed by atoms with Crippen molar-refractivity contribution < 1.29 is 14.3 Å². The molecule has 2 saturated heterocycles. The number of Topliss-reactive ketones (excluding diaryl/α,β-unsaturated/α-hetero) is 2. The van der Waals surface area contributed by atoms with Gasteiger partial charge in [0.15, 0.2) is 11.6 Å². The van der Waals surface area contributed by atoms with E-state index >= 15 is 0 Å². The zero-order valence-corrected chi connectivity index (χ0v) is 12.4. The second kappa shape index (κ2) is 5.98. The van der Waals surface area contributed by atoms with Crippen molar-refractivity contribution in [2.24, 2.45) is 0 Å². The Kier molecular flexibility index (Phi) is 4.06. The molecule has 2 fully saturated rings. The lowest BCUT2D eigenvalue weighted by atomic mass is 10.0. The molecule has 4 nitrogen and oxygen atoms in total. The fraction of sp³-hybridized carbons (Fsp3) is 0.529. The van der Waals surface area contributed by atoms with E-state index in [2.05, 4.69) is 4.90 Å². The van der Waals surface area contributed by atoms with E-state index < -0.39 is 6.04 Å². The first-order valence-corrected chi connectivity index (χ1v) is 7.63. The zero-order valence-electron chi connectivity index (χ0n) is 12.4. The zero-order chi connectivity index (χ0) is 14.8. The number of nitrogens with zero attached hydrogens (tertiary/aromatic N) is 1. The van der Waals surface area contributed by atoms with Gasteiger partial charge in [-0.2, -0.15) is 0 Å². The van der Waals surface area contributed by atoms with E-state index in [0.717, 1.165) is 30.6 Å². The molecule has 4 heteroatoms. The summed E-state index contributed by atoms with van der Waals surface area (Å²) in [6.07, 6.45) is 4.06. The van der Waals surface area contributed by atoms with Crippen molar-refractivity contribution in [2.45, 2.75) is 50.7 Å². The van der Waals surface area contributed by atoms with Crippen LogP contribution in [0.15, 0.2) is 24.3 Å². The Morgan fingerprint density at radius 2 is 1.90 bits per heavy atom. The highest BCUT2D eigenvalue weighted by molar-refractivity contribution is 6.08. The normalized spacial score (nSPS) is 26.5. The summed E-state index contributed by atoms with van der Waals surface area (Å²) in [5.41, 5.74) is 1.12. The van der Waals surface area contributed by atoms with Gasteiger partial charge in [-0.1, -0.05) is 18.6 Å². The standard InChI is InChI=1S/C17H21NO3/c1-21-14-8-6-12(7-9-14)11-18-13-4-2-3-5-15(19)17(18)16(20)10-13/h6-9,13,17H,2-5,10-11H2,1H3. The maximum atomic E-state index is 12.3. The molecule has 0 N–H and O–H groups in total. The molecule has 2 unspecified atom stereocenters. The van der Waals surface area contributed by atoms with Gasteiger partial charge in [-0.25, -0.2) is 0 Å². The highest BCUT2D eigenvalue weighted by Gasteiger charge is 2.44. The predicted octanol–water partition coefficient (Wildman–Crippen LogP) is 2.35. The van der Waals surface area contributed by atoms with Crippen molar-refractivity contribution in [3.05, 3.63) is 29.8 Å². The van der Waals surface area contributed by atoms with Gasteiger partial charge in [0.1, 0.15) is 11.8 Å². The molecular weight excluding hydrogens is 266 g/mol. The molecule has 0 spiro atoms. The Labute approximate surface area is 125 Å². The van der Waals surface area contributed by atoms with Crippen LogP contribution in [0.3, 0.4) is 0 Å². The van der Waals surface area contributed by atoms with Crippen molar-refractivity contribution in [1.29, 1.82) is 0 Å². The molecule has 2 atom stereocenters. The maximum Gasteiger partial charge on any atom is 0.159 e. The number of methoxy groups -OCH3 is 1. The van der Waals surface area contributed by atoms with Gasteiger partial charge in [-0.15, -0.1) is 0 Å². The molecule has 2 aliphatic heterocycles. The Bertz CT molecular complexity index is 537. The number of ketones is 2. The van der Waals surface area contributed by atoms with E-state index in [4.69, 9.17) is 4.74 Å². The van der Waals surface area contributed by atoms with Crippen LogP contribution >= 0.6 is 0 Å². The summed E-state index contributed by atoms with van der Waals surface area (Å²) >= 11 is 0. The smallest absolute Gasteiger partial charge is 0.159 e. The van der Waals surface area contributed by atoms with E-state index in [1.54, 1.807) is 7.11 Å². The summed E-state index contributed by atoms with van der Waals surface area (Å²) in [6.45, 7) is 0.663. The Morgan fingerprint density at radius 3 is 2.62 bits per heavy atom. The van der Waals surface area contributed by atoms with Crippen molar-refractivity contribution in [3.8, 4) is 5.75 Å². The number of hydrogen-bond acceptors (Lipinski definition) is 4. The lowest BCUT2D eigenvalue weighted by molar-refractivity contribution is -0.131. The third-order valence-corrected chi connectivity index (χ3v) is 4.58. The van der Waals surface area contributed by atoms with Gasteiger partial charge < -0.3 is 4.74 Å². The molecule has 0 saturated carbocycles. The molecule has 2 bridgehead atoms. The number of benzene rings is 1. The van der Waals surface area contributed by atoms with Gasteiger partial charge in [-0.3, -0.25) is 14.5 Å². The van der Waals surface area contributed by atoms with Crippen molar-refractivity contribution in [1.82, 2.24) is 4.90 Å². The van der Waals surface area contributed by atoms with Crippen LogP contribution in [0.1, 0.15) is 37.7 Å². The number of fused-ring (bicyclic) bond motifs is 2. The summed E-state index contributed by atoms with van der Waals surface area (Å²) in [5.74, 6) is 1.04. The lowest BCUT2D eigenvalue weighted by Crippen LogP contribution is -2.43. The molecule has 1 aromatic rings. The molecule has 2 heterocycles. The molecule has 21 heavy (non-hydrogen) atoms. The van der Waals surface area contributed by atoms with Crippen molar-refractivity contribution in [3.63, 3.8) is 0 Å². The minimum atomic E-state index is -0.502. The number of carbonyl (C=O) groups excluding carboxylic acids is 2. The summed E-state index contributed by atoms with van der Waals surface area (Å²) in [6, 6.07) is 7.58. The fourth-order valence-electron chi connectivity index (χ4n) is 3.47. The fourth-order valence-corrected chi connectivity index (χ4v) is 3.47.